The van der Waals surface area contributed by atoms with E-state index in [0.29, 0.717) is 16.8 Å². The minimum atomic E-state index is 0.565. The molecular weight excluding hydrogens is 406 g/mol. The lowest BCUT2D eigenvalue weighted by Crippen LogP contribution is -2.48. The number of halogens is 1. The summed E-state index contributed by atoms with van der Waals surface area (Å²) in [5, 5.41) is 1.51. The van der Waals surface area contributed by atoms with Crippen LogP contribution in [0.5, 0.6) is 0 Å². The standard InChI is InChI=1S/C26H26ClN3O/c1-18(2)29-14-16-30(17-15-29)21-10-8-20(9-11-21)25-23(19-6-4-3-5-7-19)24-22(27)12-13-28-26(24)31-25/h3-13,18H,14-17H2,1-2H3. The van der Waals surface area contributed by atoms with Crippen molar-refractivity contribution in [3.63, 3.8) is 0 Å². The lowest BCUT2D eigenvalue weighted by Gasteiger charge is -2.38. The molecule has 4 aromatic rings. The summed E-state index contributed by atoms with van der Waals surface area (Å²) in [5.74, 6) is 0.804. The second-order valence-corrected chi connectivity index (χ2v) is 8.72. The van der Waals surface area contributed by atoms with Crippen LogP contribution in [0.3, 0.4) is 0 Å². The molecule has 1 aliphatic rings. The summed E-state index contributed by atoms with van der Waals surface area (Å²) in [7, 11) is 0. The highest BCUT2D eigenvalue weighted by molar-refractivity contribution is 6.36. The zero-order chi connectivity index (χ0) is 21.4. The van der Waals surface area contributed by atoms with Crippen molar-refractivity contribution in [2.24, 2.45) is 0 Å². The van der Waals surface area contributed by atoms with Crippen LogP contribution in [0.4, 0.5) is 5.69 Å². The van der Waals surface area contributed by atoms with Crippen LogP contribution in [-0.2, 0) is 0 Å². The van der Waals surface area contributed by atoms with Gasteiger partial charge in [-0.2, -0.15) is 0 Å². The maximum atomic E-state index is 6.56. The number of fused-ring (bicyclic) bond motifs is 1. The lowest BCUT2D eigenvalue weighted by molar-refractivity contribution is 0.209. The SMILES string of the molecule is CC(C)N1CCN(c2ccc(-c3oc4nccc(Cl)c4c3-c3ccccc3)cc2)CC1. The van der Waals surface area contributed by atoms with Gasteiger partial charge in [0.1, 0.15) is 5.76 Å². The highest BCUT2D eigenvalue weighted by Gasteiger charge is 2.22. The highest BCUT2D eigenvalue weighted by atomic mass is 35.5. The van der Waals surface area contributed by atoms with E-state index < -0.39 is 0 Å². The van der Waals surface area contributed by atoms with Gasteiger partial charge in [0.05, 0.1) is 10.4 Å². The highest BCUT2D eigenvalue weighted by Crippen LogP contribution is 2.43. The Bertz CT molecular complexity index is 1180. The van der Waals surface area contributed by atoms with Gasteiger partial charge in [0.2, 0.25) is 5.71 Å². The molecule has 5 rings (SSSR count). The van der Waals surface area contributed by atoms with Crippen LogP contribution >= 0.6 is 11.6 Å². The van der Waals surface area contributed by atoms with Gasteiger partial charge in [0.25, 0.3) is 0 Å². The molecule has 158 valence electrons. The number of hydrogen-bond donors (Lipinski definition) is 0. The smallest absolute Gasteiger partial charge is 0.228 e. The first-order valence-electron chi connectivity index (χ1n) is 10.8. The van der Waals surface area contributed by atoms with E-state index in [9.17, 15) is 0 Å². The average molecular weight is 432 g/mol. The molecule has 0 radical (unpaired) electrons. The molecule has 0 bridgehead atoms. The third-order valence-electron chi connectivity index (χ3n) is 6.14. The summed E-state index contributed by atoms with van der Waals surface area (Å²) < 4.78 is 6.23. The van der Waals surface area contributed by atoms with Crippen molar-refractivity contribution in [3.8, 4) is 22.5 Å². The Hall–Kier alpha value is -2.82. The van der Waals surface area contributed by atoms with Crippen LogP contribution in [0, 0.1) is 0 Å². The monoisotopic (exact) mass is 431 g/mol. The van der Waals surface area contributed by atoms with Gasteiger partial charge in [0.15, 0.2) is 0 Å². The Kier molecular flexibility index (Phi) is 5.43. The molecular formula is C26H26ClN3O. The fourth-order valence-electron chi connectivity index (χ4n) is 4.39. The van der Waals surface area contributed by atoms with Crippen molar-refractivity contribution in [1.82, 2.24) is 9.88 Å². The van der Waals surface area contributed by atoms with Crippen LogP contribution in [0.25, 0.3) is 33.6 Å². The van der Waals surface area contributed by atoms with Crippen LogP contribution in [-0.4, -0.2) is 42.1 Å². The fourth-order valence-corrected chi connectivity index (χ4v) is 4.62. The molecule has 0 saturated carbocycles. The van der Waals surface area contributed by atoms with Crippen LogP contribution < -0.4 is 4.90 Å². The van der Waals surface area contributed by atoms with Gasteiger partial charge in [-0.3, -0.25) is 4.90 Å². The molecule has 0 aliphatic carbocycles. The maximum absolute atomic E-state index is 6.56. The maximum Gasteiger partial charge on any atom is 0.228 e. The molecule has 0 unspecified atom stereocenters. The van der Waals surface area contributed by atoms with E-state index in [2.05, 4.69) is 65.0 Å². The Balaban J connectivity index is 1.51. The summed E-state index contributed by atoms with van der Waals surface area (Å²) in [6, 6.07) is 21.3. The molecule has 3 heterocycles. The second kappa shape index (κ2) is 8.37. The number of anilines is 1. The third kappa shape index (κ3) is 3.82. The summed E-state index contributed by atoms with van der Waals surface area (Å²) in [6.45, 7) is 8.84. The number of piperazine rings is 1. The number of benzene rings is 2. The molecule has 0 amide bonds. The first kappa shape index (κ1) is 20.1. The van der Waals surface area contributed by atoms with E-state index in [0.717, 1.165) is 54.0 Å². The molecule has 4 nitrogen and oxygen atoms in total. The van der Waals surface area contributed by atoms with Crippen LogP contribution in [0.2, 0.25) is 5.02 Å². The van der Waals surface area contributed by atoms with Gasteiger partial charge in [-0.1, -0.05) is 41.9 Å². The summed E-state index contributed by atoms with van der Waals surface area (Å²) in [4.78, 5) is 9.41. The van der Waals surface area contributed by atoms with Crippen molar-refractivity contribution < 1.29 is 4.42 Å². The van der Waals surface area contributed by atoms with Crippen molar-refractivity contribution in [1.29, 1.82) is 0 Å². The van der Waals surface area contributed by atoms with E-state index in [1.165, 1.54) is 5.69 Å². The topological polar surface area (TPSA) is 32.5 Å². The van der Waals surface area contributed by atoms with Gasteiger partial charge < -0.3 is 9.32 Å². The molecule has 1 aliphatic heterocycles. The normalized spacial score (nSPS) is 15.2. The first-order chi connectivity index (χ1) is 15.1. The predicted octanol–water partition coefficient (Wildman–Crippen LogP) is 6.35. The number of pyridine rings is 1. The van der Waals surface area contributed by atoms with Crippen molar-refractivity contribution >= 4 is 28.4 Å². The molecule has 2 aromatic carbocycles. The Morgan fingerprint density at radius 2 is 1.58 bits per heavy atom. The summed E-state index contributed by atoms with van der Waals surface area (Å²) in [5.41, 5.74) is 4.90. The Morgan fingerprint density at radius 1 is 0.871 bits per heavy atom. The molecule has 2 aromatic heterocycles. The van der Waals surface area contributed by atoms with Gasteiger partial charge in [-0.05, 0) is 49.7 Å². The molecule has 5 heteroatoms. The van der Waals surface area contributed by atoms with Crippen molar-refractivity contribution in [2.75, 3.05) is 31.1 Å². The molecule has 0 atom stereocenters. The zero-order valence-electron chi connectivity index (χ0n) is 17.9. The molecule has 31 heavy (non-hydrogen) atoms. The fraction of sp³-hybridized carbons (Fsp3) is 0.269. The summed E-state index contributed by atoms with van der Waals surface area (Å²) >= 11 is 6.56. The Labute approximate surface area is 188 Å². The van der Waals surface area contributed by atoms with E-state index in [-0.39, 0.29) is 0 Å². The van der Waals surface area contributed by atoms with E-state index >= 15 is 0 Å². The van der Waals surface area contributed by atoms with Gasteiger partial charge >= 0.3 is 0 Å². The first-order valence-corrected chi connectivity index (χ1v) is 11.2. The molecule has 1 saturated heterocycles. The van der Waals surface area contributed by atoms with Crippen molar-refractivity contribution in [3.05, 3.63) is 71.9 Å². The average Bonchev–Trinajstić information content (AvgIpc) is 3.21. The zero-order valence-corrected chi connectivity index (χ0v) is 18.6. The van der Waals surface area contributed by atoms with E-state index in [1.54, 1.807) is 6.20 Å². The number of nitrogens with zero attached hydrogens (tertiary/aromatic N) is 3. The minimum absolute atomic E-state index is 0.565. The van der Waals surface area contributed by atoms with Gasteiger partial charge in [0, 0.05) is 55.2 Å². The van der Waals surface area contributed by atoms with E-state index in [4.69, 9.17) is 16.0 Å². The van der Waals surface area contributed by atoms with Gasteiger partial charge in [-0.25, -0.2) is 4.98 Å². The second-order valence-electron chi connectivity index (χ2n) is 8.31. The number of furan rings is 1. The number of rotatable bonds is 4. The number of hydrogen-bond acceptors (Lipinski definition) is 4. The largest absolute Gasteiger partial charge is 0.437 e. The molecule has 0 spiro atoms. The van der Waals surface area contributed by atoms with Crippen LogP contribution in [0.15, 0.2) is 71.3 Å². The quantitative estimate of drug-likeness (QED) is 0.377. The van der Waals surface area contributed by atoms with Crippen molar-refractivity contribution in [2.45, 2.75) is 19.9 Å². The van der Waals surface area contributed by atoms with E-state index in [1.807, 2.05) is 24.3 Å². The molecule has 0 N–H and O–H groups in total. The minimum Gasteiger partial charge on any atom is -0.437 e. The lowest BCUT2D eigenvalue weighted by atomic mass is 9.99. The van der Waals surface area contributed by atoms with Gasteiger partial charge in [-0.15, -0.1) is 0 Å². The third-order valence-corrected chi connectivity index (χ3v) is 6.46. The number of aromatic nitrogens is 1. The Morgan fingerprint density at radius 3 is 2.26 bits per heavy atom. The predicted molar refractivity (Wildman–Crippen MR) is 129 cm³/mol. The van der Waals surface area contributed by atoms with Crippen LogP contribution in [0.1, 0.15) is 13.8 Å². The summed E-state index contributed by atoms with van der Waals surface area (Å²) in [6.07, 6.45) is 1.69. The molecule has 1 fully saturated rings.